The number of amides is 2. The van der Waals surface area contributed by atoms with Gasteiger partial charge in [-0.05, 0) is 112 Å². The number of fused-ring (bicyclic) bond motifs is 2. The van der Waals surface area contributed by atoms with Crippen molar-refractivity contribution in [3.05, 3.63) is 163 Å². The molecule has 0 radical (unpaired) electrons. The molecule has 14 nitrogen and oxygen atoms in total. The molecule has 0 unspecified atom stereocenters. The maximum Gasteiger partial charge on any atom is 0.338 e. The quantitative estimate of drug-likeness (QED) is 0.0532. The van der Waals surface area contributed by atoms with Gasteiger partial charge in [0.05, 0.1) is 67.3 Å². The van der Waals surface area contributed by atoms with Crippen molar-refractivity contribution in [1.29, 1.82) is 0 Å². The number of Topliss-reactive ketones (excluding diaryl/α,β-unsaturated/α-hetero) is 2. The molecule has 0 bridgehead atoms. The molecule has 0 saturated carbocycles. The Balaban J connectivity index is 1.09. The highest BCUT2D eigenvalue weighted by atomic mass is 35.5. The SMILES string of the molecule is Cc1ccc(C(=O)OC(C)C)cc1NN=C1C(=O)C(C(=O)Nc2cc(Cl)c(NC(=O)C3=Cc4ccccc4C(=NNc4cc(C(=O)OC(C)C)ccc4C)C3=O)cc2Cl)=Cc2ccccc21. The van der Waals surface area contributed by atoms with Crippen molar-refractivity contribution in [3.63, 3.8) is 0 Å². The number of aryl methyl sites for hydroxylation is 2. The Morgan fingerprint density at radius 3 is 1.29 bits per heavy atom. The zero-order chi connectivity index (χ0) is 47.4. The summed E-state index contributed by atoms with van der Waals surface area (Å²) in [5.74, 6) is -4.07. The van der Waals surface area contributed by atoms with Crippen molar-refractivity contribution >= 4 is 105 Å². The molecule has 2 amide bonds. The van der Waals surface area contributed by atoms with E-state index in [-0.39, 0.29) is 67.3 Å². The third kappa shape index (κ3) is 10.1. The number of carbonyl (C=O) groups is 6. The summed E-state index contributed by atoms with van der Waals surface area (Å²) in [6.45, 7) is 10.6. The monoisotopic (exact) mass is 924 g/mol. The topological polar surface area (TPSA) is 194 Å². The van der Waals surface area contributed by atoms with Gasteiger partial charge in [0.15, 0.2) is 0 Å². The van der Waals surface area contributed by atoms with E-state index in [1.807, 2.05) is 0 Å². The molecule has 0 aliphatic heterocycles. The van der Waals surface area contributed by atoms with Crippen LogP contribution >= 0.6 is 23.2 Å². The zero-order valence-electron chi connectivity index (χ0n) is 36.5. The van der Waals surface area contributed by atoms with Gasteiger partial charge in [-0.2, -0.15) is 10.2 Å². The molecule has 0 aromatic heterocycles. The smallest absolute Gasteiger partial charge is 0.338 e. The van der Waals surface area contributed by atoms with Gasteiger partial charge in [0.25, 0.3) is 11.8 Å². The fraction of sp³-hybridized carbons (Fsp3) is 0.160. The summed E-state index contributed by atoms with van der Waals surface area (Å²) in [6.07, 6.45) is 2.22. The molecule has 0 spiro atoms. The van der Waals surface area contributed by atoms with Crippen LogP contribution in [0.2, 0.25) is 10.0 Å². The fourth-order valence-corrected chi connectivity index (χ4v) is 7.25. The molecule has 5 aromatic rings. The number of hydrogen-bond donors (Lipinski definition) is 4. The van der Waals surface area contributed by atoms with E-state index in [1.165, 1.54) is 24.3 Å². The van der Waals surface area contributed by atoms with Crippen LogP contribution in [0.3, 0.4) is 0 Å². The normalized spacial score (nSPS) is 14.3. The number of rotatable bonds is 12. The van der Waals surface area contributed by atoms with Gasteiger partial charge in [-0.1, -0.05) is 83.9 Å². The molecule has 5 aromatic carbocycles. The third-order valence-corrected chi connectivity index (χ3v) is 10.8. The van der Waals surface area contributed by atoms with E-state index >= 15 is 0 Å². The average molecular weight is 926 g/mol. The summed E-state index contributed by atoms with van der Waals surface area (Å²) in [7, 11) is 0. The van der Waals surface area contributed by atoms with Gasteiger partial charge in [0.1, 0.15) is 11.4 Å². The van der Waals surface area contributed by atoms with Crippen molar-refractivity contribution in [2.75, 3.05) is 21.5 Å². The van der Waals surface area contributed by atoms with Crippen LogP contribution < -0.4 is 21.5 Å². The molecule has 7 rings (SSSR count). The lowest BCUT2D eigenvalue weighted by atomic mass is 9.89. The molecular weight excluding hydrogens is 883 g/mol. The van der Waals surface area contributed by atoms with Crippen molar-refractivity contribution in [1.82, 2.24) is 0 Å². The maximum atomic E-state index is 14.0. The number of nitrogens with zero attached hydrogens (tertiary/aromatic N) is 2. The van der Waals surface area contributed by atoms with Gasteiger partial charge in [-0.15, -0.1) is 0 Å². The van der Waals surface area contributed by atoms with Gasteiger partial charge >= 0.3 is 11.9 Å². The van der Waals surface area contributed by atoms with E-state index in [1.54, 1.807) is 126 Å². The number of nitrogens with one attached hydrogen (secondary N) is 4. The molecule has 66 heavy (non-hydrogen) atoms. The third-order valence-electron chi connectivity index (χ3n) is 10.2. The number of anilines is 4. The number of hydrazone groups is 2. The summed E-state index contributed by atoms with van der Waals surface area (Å²) < 4.78 is 10.6. The second-order valence-electron chi connectivity index (χ2n) is 15.8. The minimum absolute atomic E-state index is 0.0220. The van der Waals surface area contributed by atoms with Crippen LogP contribution in [0.4, 0.5) is 22.7 Å². The Labute approximate surface area is 389 Å². The summed E-state index contributed by atoms with van der Waals surface area (Å²) in [5, 5.41) is 14.0. The van der Waals surface area contributed by atoms with Crippen LogP contribution in [0.5, 0.6) is 0 Å². The highest BCUT2D eigenvalue weighted by Crippen LogP contribution is 2.35. The molecule has 0 saturated heterocycles. The number of ketones is 2. The van der Waals surface area contributed by atoms with E-state index in [9.17, 15) is 28.8 Å². The lowest BCUT2D eigenvalue weighted by Gasteiger charge is -2.19. The Kier molecular flexibility index (Phi) is 13.8. The molecular formula is C50H42Cl2N6O8. The minimum atomic E-state index is -0.818. The molecule has 0 fully saturated rings. The number of esters is 2. The Morgan fingerprint density at radius 1 is 0.530 bits per heavy atom. The first-order chi connectivity index (χ1) is 31.5. The molecule has 0 heterocycles. The first-order valence-electron chi connectivity index (χ1n) is 20.6. The summed E-state index contributed by atoms with van der Waals surface area (Å²) in [6, 6.07) is 26.2. The summed E-state index contributed by atoms with van der Waals surface area (Å²) >= 11 is 13.3. The molecule has 334 valence electrons. The predicted molar refractivity (Wildman–Crippen MR) is 256 cm³/mol. The van der Waals surface area contributed by atoms with E-state index in [0.717, 1.165) is 11.1 Å². The highest BCUT2D eigenvalue weighted by Gasteiger charge is 2.33. The van der Waals surface area contributed by atoms with Crippen LogP contribution in [0, 0.1) is 13.8 Å². The summed E-state index contributed by atoms with van der Waals surface area (Å²) in [4.78, 5) is 80.8. The standard InChI is InChI=1S/C50H42Cl2N6O8/c1-25(2)65-49(63)31-17-15-27(5)39(21-31)55-57-43-33-13-9-7-11-29(33)19-35(45(43)59)47(61)53-41-23-38(52)42(24-37(41)51)54-48(62)36-20-30-12-8-10-14-34(30)44(46(36)60)58-56-40-22-32(18-16-28(40)6)50(64)66-26(3)4/h7-26,55-56H,1-6H3,(H,53,61)(H,54,62). The minimum Gasteiger partial charge on any atom is -0.459 e. The Bertz CT molecular complexity index is 2810. The maximum absolute atomic E-state index is 14.0. The lowest BCUT2D eigenvalue weighted by molar-refractivity contribution is -0.118. The van der Waals surface area contributed by atoms with E-state index < -0.39 is 35.3 Å². The molecule has 0 atom stereocenters. The zero-order valence-corrected chi connectivity index (χ0v) is 38.0. The van der Waals surface area contributed by atoms with Gasteiger partial charge in [-0.3, -0.25) is 30.0 Å². The van der Waals surface area contributed by atoms with Gasteiger partial charge in [-0.25, -0.2) is 9.59 Å². The van der Waals surface area contributed by atoms with Crippen molar-refractivity contribution in [2.45, 2.75) is 53.8 Å². The van der Waals surface area contributed by atoms with Crippen molar-refractivity contribution in [2.24, 2.45) is 10.2 Å². The number of benzene rings is 5. The number of carbonyl (C=O) groups excluding carboxylic acids is 6. The van der Waals surface area contributed by atoms with Crippen molar-refractivity contribution in [3.8, 4) is 0 Å². The van der Waals surface area contributed by atoms with Crippen LogP contribution in [0.15, 0.2) is 118 Å². The van der Waals surface area contributed by atoms with E-state index in [0.29, 0.717) is 33.6 Å². The highest BCUT2D eigenvalue weighted by molar-refractivity contribution is 6.60. The summed E-state index contributed by atoms with van der Waals surface area (Å²) in [5.41, 5.74) is 10.2. The van der Waals surface area contributed by atoms with E-state index in [2.05, 4.69) is 31.7 Å². The number of ether oxygens (including phenoxy) is 2. The average Bonchev–Trinajstić information content (AvgIpc) is 3.27. The Hall–Kier alpha value is -7.68. The van der Waals surface area contributed by atoms with Crippen LogP contribution in [-0.2, 0) is 28.7 Å². The van der Waals surface area contributed by atoms with Crippen molar-refractivity contribution < 1.29 is 38.2 Å². The fourth-order valence-electron chi connectivity index (χ4n) is 6.83. The van der Waals surface area contributed by atoms with Crippen LogP contribution in [0.25, 0.3) is 12.2 Å². The first-order valence-corrected chi connectivity index (χ1v) is 21.4. The predicted octanol–water partition coefficient (Wildman–Crippen LogP) is 9.58. The number of halogens is 2. The van der Waals surface area contributed by atoms with Gasteiger partial charge < -0.3 is 20.1 Å². The van der Waals surface area contributed by atoms with Gasteiger partial charge in [0, 0.05) is 11.1 Å². The molecule has 2 aliphatic carbocycles. The van der Waals surface area contributed by atoms with Crippen LogP contribution in [0.1, 0.15) is 81.8 Å². The molecule has 4 N–H and O–H groups in total. The van der Waals surface area contributed by atoms with E-state index in [4.69, 9.17) is 32.7 Å². The lowest BCUT2D eigenvalue weighted by Crippen LogP contribution is -2.31. The first kappa shape index (κ1) is 46.3. The number of hydrogen-bond acceptors (Lipinski definition) is 12. The van der Waals surface area contributed by atoms with Gasteiger partial charge in [0.2, 0.25) is 11.6 Å². The largest absolute Gasteiger partial charge is 0.459 e. The van der Waals surface area contributed by atoms with Crippen LogP contribution in [-0.4, -0.2) is 59.0 Å². The second kappa shape index (κ2) is 19.6. The molecule has 16 heteroatoms. The molecule has 2 aliphatic rings. The second-order valence-corrected chi connectivity index (χ2v) is 16.6. The Morgan fingerprint density at radius 2 is 0.909 bits per heavy atom.